The first kappa shape index (κ1) is 15.9. The van der Waals surface area contributed by atoms with E-state index in [-0.39, 0.29) is 12.0 Å². The molecule has 3 N–H and O–H groups in total. The normalized spacial score (nSPS) is 12.0. The quantitative estimate of drug-likeness (QED) is 0.656. The highest BCUT2D eigenvalue weighted by Gasteiger charge is 2.08. The number of ether oxygens (including phenoxy) is 1. The second-order valence-electron chi connectivity index (χ2n) is 4.16. The van der Waals surface area contributed by atoms with Gasteiger partial charge < -0.3 is 20.5 Å². The average Bonchev–Trinajstić information content (AvgIpc) is 2.37. The Morgan fingerprint density at radius 3 is 2.79 bits per heavy atom. The Morgan fingerprint density at radius 1 is 1.47 bits per heavy atom. The SMILES string of the molecule is COc1ccc(C(=O)NCCNCC(C)O)cc1Br. The lowest BCUT2D eigenvalue weighted by atomic mass is 10.2. The number of carbonyl (C=O) groups is 1. The van der Waals surface area contributed by atoms with Crippen LogP contribution in [0, 0.1) is 0 Å². The van der Waals surface area contributed by atoms with Crippen molar-refractivity contribution in [2.75, 3.05) is 26.7 Å². The fraction of sp³-hybridized carbons (Fsp3) is 0.462. The molecule has 0 aromatic heterocycles. The van der Waals surface area contributed by atoms with Crippen molar-refractivity contribution in [1.82, 2.24) is 10.6 Å². The van der Waals surface area contributed by atoms with Crippen LogP contribution in [0.4, 0.5) is 0 Å². The zero-order chi connectivity index (χ0) is 14.3. The standard InChI is InChI=1S/C13H19BrN2O3/c1-9(17)8-15-5-6-16-13(18)10-3-4-12(19-2)11(14)7-10/h3-4,7,9,15,17H,5-6,8H2,1-2H3,(H,16,18). The van der Waals surface area contributed by atoms with Gasteiger partial charge in [0, 0.05) is 25.2 Å². The van der Waals surface area contributed by atoms with Crippen LogP contribution in [-0.2, 0) is 0 Å². The molecule has 1 amide bonds. The van der Waals surface area contributed by atoms with Gasteiger partial charge in [0.15, 0.2) is 0 Å². The highest BCUT2D eigenvalue weighted by molar-refractivity contribution is 9.10. The smallest absolute Gasteiger partial charge is 0.251 e. The van der Waals surface area contributed by atoms with E-state index in [9.17, 15) is 4.79 Å². The zero-order valence-electron chi connectivity index (χ0n) is 11.1. The number of rotatable bonds is 7. The molecule has 0 saturated carbocycles. The Kier molecular flexibility index (Phi) is 6.83. The van der Waals surface area contributed by atoms with Crippen LogP contribution in [0.2, 0.25) is 0 Å². The zero-order valence-corrected chi connectivity index (χ0v) is 12.7. The van der Waals surface area contributed by atoms with Crippen molar-refractivity contribution in [2.24, 2.45) is 0 Å². The molecule has 1 aromatic carbocycles. The third kappa shape index (κ3) is 5.59. The molecule has 106 valence electrons. The van der Waals surface area contributed by atoms with Gasteiger partial charge in [-0.15, -0.1) is 0 Å². The van der Waals surface area contributed by atoms with Gasteiger partial charge in [-0.25, -0.2) is 0 Å². The molecule has 1 rings (SSSR count). The number of benzene rings is 1. The van der Waals surface area contributed by atoms with Gasteiger partial charge in [0.05, 0.1) is 17.7 Å². The molecule has 1 atom stereocenters. The summed E-state index contributed by atoms with van der Waals surface area (Å²) in [4.78, 5) is 11.8. The van der Waals surface area contributed by atoms with Crippen LogP contribution in [0.15, 0.2) is 22.7 Å². The van der Waals surface area contributed by atoms with Gasteiger partial charge in [-0.3, -0.25) is 4.79 Å². The Bertz CT molecular complexity index is 424. The summed E-state index contributed by atoms with van der Waals surface area (Å²) >= 11 is 3.34. The molecular weight excluding hydrogens is 312 g/mol. The first-order valence-corrected chi connectivity index (χ1v) is 6.84. The molecule has 19 heavy (non-hydrogen) atoms. The van der Waals surface area contributed by atoms with Gasteiger partial charge in [-0.2, -0.15) is 0 Å². The third-order valence-electron chi connectivity index (χ3n) is 2.44. The van der Waals surface area contributed by atoms with Crippen LogP contribution in [-0.4, -0.2) is 43.9 Å². The minimum Gasteiger partial charge on any atom is -0.496 e. The van der Waals surface area contributed by atoms with Gasteiger partial charge in [0.2, 0.25) is 0 Å². The van der Waals surface area contributed by atoms with Crippen LogP contribution < -0.4 is 15.4 Å². The van der Waals surface area contributed by atoms with Crippen LogP contribution in [0.3, 0.4) is 0 Å². The lowest BCUT2D eigenvalue weighted by Gasteiger charge is -2.09. The lowest BCUT2D eigenvalue weighted by molar-refractivity contribution is 0.0953. The van der Waals surface area contributed by atoms with Crippen LogP contribution in [0.5, 0.6) is 5.75 Å². The molecule has 5 nitrogen and oxygen atoms in total. The first-order valence-electron chi connectivity index (χ1n) is 6.05. The molecule has 0 heterocycles. The number of hydrogen-bond acceptors (Lipinski definition) is 4. The predicted molar refractivity (Wildman–Crippen MR) is 77.6 cm³/mol. The molecule has 0 saturated heterocycles. The second-order valence-corrected chi connectivity index (χ2v) is 5.01. The maximum atomic E-state index is 11.8. The Balaban J connectivity index is 2.39. The molecule has 0 spiro atoms. The third-order valence-corrected chi connectivity index (χ3v) is 3.06. The highest BCUT2D eigenvalue weighted by Crippen LogP contribution is 2.25. The van der Waals surface area contributed by atoms with E-state index in [1.54, 1.807) is 32.2 Å². The summed E-state index contributed by atoms with van der Waals surface area (Å²) in [6, 6.07) is 5.17. The van der Waals surface area contributed by atoms with E-state index in [2.05, 4.69) is 26.6 Å². The summed E-state index contributed by atoms with van der Waals surface area (Å²) < 4.78 is 5.85. The lowest BCUT2D eigenvalue weighted by Crippen LogP contribution is -2.34. The van der Waals surface area contributed by atoms with Crippen LogP contribution in [0.1, 0.15) is 17.3 Å². The van der Waals surface area contributed by atoms with Crippen molar-refractivity contribution in [1.29, 1.82) is 0 Å². The molecule has 0 aliphatic heterocycles. The van der Waals surface area contributed by atoms with Gasteiger partial charge in [0.25, 0.3) is 5.91 Å². The minimum atomic E-state index is -0.381. The van der Waals surface area contributed by atoms with Gasteiger partial charge in [-0.1, -0.05) is 0 Å². The number of carbonyl (C=O) groups excluding carboxylic acids is 1. The molecule has 0 aliphatic carbocycles. The monoisotopic (exact) mass is 330 g/mol. The predicted octanol–water partition coefficient (Wildman–Crippen LogP) is 1.16. The van der Waals surface area contributed by atoms with Crippen molar-refractivity contribution >= 4 is 21.8 Å². The number of amides is 1. The maximum absolute atomic E-state index is 11.8. The highest BCUT2D eigenvalue weighted by atomic mass is 79.9. The minimum absolute atomic E-state index is 0.137. The number of hydrogen-bond donors (Lipinski definition) is 3. The van der Waals surface area contributed by atoms with E-state index >= 15 is 0 Å². The largest absolute Gasteiger partial charge is 0.496 e. The number of nitrogens with one attached hydrogen (secondary N) is 2. The number of halogens is 1. The summed E-state index contributed by atoms with van der Waals surface area (Å²) in [6.45, 7) is 3.35. The fourth-order valence-electron chi connectivity index (χ4n) is 1.49. The Morgan fingerprint density at radius 2 is 2.21 bits per heavy atom. The van der Waals surface area contributed by atoms with Crippen molar-refractivity contribution in [3.63, 3.8) is 0 Å². The molecule has 0 radical (unpaired) electrons. The maximum Gasteiger partial charge on any atom is 0.251 e. The molecule has 1 unspecified atom stereocenters. The fourth-order valence-corrected chi connectivity index (χ4v) is 2.03. The van der Waals surface area contributed by atoms with E-state index in [1.807, 2.05) is 0 Å². The van der Waals surface area contributed by atoms with Crippen molar-refractivity contribution in [3.05, 3.63) is 28.2 Å². The van der Waals surface area contributed by atoms with E-state index in [4.69, 9.17) is 9.84 Å². The van der Waals surface area contributed by atoms with Crippen molar-refractivity contribution < 1.29 is 14.6 Å². The summed E-state index contributed by atoms with van der Waals surface area (Å²) in [7, 11) is 1.58. The van der Waals surface area contributed by atoms with E-state index in [1.165, 1.54) is 0 Å². The van der Waals surface area contributed by atoms with Crippen LogP contribution in [0.25, 0.3) is 0 Å². The Labute approximate surface area is 121 Å². The van der Waals surface area contributed by atoms with E-state index in [0.29, 0.717) is 30.9 Å². The summed E-state index contributed by atoms with van der Waals surface area (Å²) in [6.07, 6.45) is -0.381. The molecule has 0 aliphatic rings. The summed E-state index contributed by atoms with van der Waals surface area (Å²) in [5.41, 5.74) is 0.572. The molecular formula is C13H19BrN2O3. The number of aliphatic hydroxyl groups is 1. The van der Waals surface area contributed by atoms with Gasteiger partial charge in [-0.05, 0) is 41.1 Å². The number of methoxy groups -OCH3 is 1. The topological polar surface area (TPSA) is 70.6 Å². The van der Waals surface area contributed by atoms with Crippen molar-refractivity contribution in [3.8, 4) is 5.75 Å². The number of aliphatic hydroxyl groups excluding tert-OH is 1. The average molecular weight is 331 g/mol. The van der Waals surface area contributed by atoms with Gasteiger partial charge in [0.1, 0.15) is 5.75 Å². The van der Waals surface area contributed by atoms with Crippen LogP contribution >= 0.6 is 15.9 Å². The molecule has 1 aromatic rings. The molecule has 0 fully saturated rings. The second kappa shape index (κ2) is 8.14. The van der Waals surface area contributed by atoms with Crippen molar-refractivity contribution in [2.45, 2.75) is 13.0 Å². The van der Waals surface area contributed by atoms with Gasteiger partial charge >= 0.3 is 0 Å². The van der Waals surface area contributed by atoms with E-state index < -0.39 is 0 Å². The summed E-state index contributed by atoms with van der Waals surface area (Å²) in [5.74, 6) is 0.553. The molecule has 6 heteroatoms. The first-order chi connectivity index (χ1) is 9.04. The van der Waals surface area contributed by atoms with E-state index in [0.717, 1.165) is 4.47 Å². The summed E-state index contributed by atoms with van der Waals surface area (Å²) in [5, 5.41) is 14.9. The Hall–Kier alpha value is -1.11. The molecule has 0 bridgehead atoms.